The van der Waals surface area contributed by atoms with Crippen LogP contribution in [0.2, 0.25) is 0 Å². The Morgan fingerprint density at radius 1 is 1.26 bits per heavy atom. The number of hydrogen-bond donors (Lipinski definition) is 0. The molecule has 0 radical (unpaired) electrons. The van der Waals surface area contributed by atoms with Crippen LogP contribution in [0, 0.1) is 18.8 Å². The van der Waals surface area contributed by atoms with E-state index < -0.39 is 0 Å². The quantitative estimate of drug-likeness (QED) is 0.851. The average molecular weight is 334 g/mol. The molecule has 4 rings (SSSR count). The fourth-order valence-corrected chi connectivity index (χ4v) is 5.24. The molecule has 5 heteroatoms. The van der Waals surface area contributed by atoms with Crippen molar-refractivity contribution >= 4 is 17.2 Å². The molecule has 0 spiro atoms. The third-order valence-corrected chi connectivity index (χ3v) is 6.77. The van der Waals surface area contributed by atoms with Crippen molar-refractivity contribution in [3.63, 3.8) is 0 Å². The Morgan fingerprint density at radius 3 is 2.74 bits per heavy atom. The zero-order valence-electron chi connectivity index (χ0n) is 14.0. The van der Waals surface area contributed by atoms with Crippen molar-refractivity contribution in [1.82, 2.24) is 9.80 Å². The molecule has 1 aromatic heterocycles. The highest BCUT2D eigenvalue weighted by molar-refractivity contribution is 7.12. The maximum absolute atomic E-state index is 12.9. The van der Waals surface area contributed by atoms with Gasteiger partial charge in [-0.15, -0.1) is 11.3 Å². The van der Waals surface area contributed by atoms with E-state index in [9.17, 15) is 4.79 Å². The summed E-state index contributed by atoms with van der Waals surface area (Å²) < 4.78 is 5.46. The van der Waals surface area contributed by atoms with Gasteiger partial charge in [-0.3, -0.25) is 9.69 Å². The first-order valence-electron chi connectivity index (χ1n) is 8.80. The van der Waals surface area contributed by atoms with Gasteiger partial charge in [0.1, 0.15) is 0 Å². The third kappa shape index (κ3) is 3.06. The van der Waals surface area contributed by atoms with Crippen LogP contribution in [-0.2, 0) is 9.53 Å². The summed E-state index contributed by atoms with van der Waals surface area (Å²) in [5, 5.41) is 0. The fraction of sp³-hybridized carbons (Fsp3) is 0.722. The van der Waals surface area contributed by atoms with E-state index in [4.69, 9.17) is 4.74 Å². The smallest absolute Gasteiger partial charge is 0.226 e. The molecule has 3 heterocycles. The Hall–Kier alpha value is -0.910. The number of hydrogen-bond acceptors (Lipinski definition) is 4. The number of amides is 1. The lowest BCUT2D eigenvalue weighted by molar-refractivity contribution is -0.131. The number of thiophene rings is 1. The van der Waals surface area contributed by atoms with Gasteiger partial charge >= 0.3 is 0 Å². The second-order valence-corrected chi connectivity index (χ2v) is 8.65. The van der Waals surface area contributed by atoms with E-state index in [1.54, 1.807) is 0 Å². The van der Waals surface area contributed by atoms with Crippen molar-refractivity contribution in [2.75, 3.05) is 39.4 Å². The van der Waals surface area contributed by atoms with Gasteiger partial charge in [0.2, 0.25) is 5.91 Å². The number of morpholine rings is 1. The molecular weight excluding hydrogens is 308 g/mol. The summed E-state index contributed by atoms with van der Waals surface area (Å²) in [6, 6.07) is 4.90. The Labute approximate surface area is 142 Å². The van der Waals surface area contributed by atoms with Crippen molar-refractivity contribution in [3.8, 4) is 0 Å². The van der Waals surface area contributed by atoms with E-state index in [1.807, 2.05) is 11.3 Å². The molecule has 2 aliphatic heterocycles. The van der Waals surface area contributed by atoms with E-state index in [-0.39, 0.29) is 5.92 Å². The predicted octanol–water partition coefficient (Wildman–Crippen LogP) is 2.34. The molecule has 4 atom stereocenters. The molecule has 1 saturated carbocycles. The molecule has 0 aromatic carbocycles. The van der Waals surface area contributed by atoms with Crippen LogP contribution in [0.4, 0.5) is 0 Å². The molecule has 4 nitrogen and oxygen atoms in total. The first kappa shape index (κ1) is 15.6. The summed E-state index contributed by atoms with van der Waals surface area (Å²) in [6.45, 7) is 9.96. The zero-order chi connectivity index (χ0) is 16.0. The summed E-state index contributed by atoms with van der Waals surface area (Å²) in [5.41, 5.74) is 0. The van der Waals surface area contributed by atoms with Gasteiger partial charge in [0.25, 0.3) is 0 Å². The van der Waals surface area contributed by atoms with E-state index in [0.29, 0.717) is 23.8 Å². The second-order valence-electron chi connectivity index (χ2n) is 7.33. The summed E-state index contributed by atoms with van der Waals surface area (Å²) in [5.74, 6) is 1.68. The minimum Gasteiger partial charge on any atom is -0.379 e. The van der Waals surface area contributed by atoms with Crippen LogP contribution in [0.25, 0.3) is 0 Å². The topological polar surface area (TPSA) is 32.8 Å². The van der Waals surface area contributed by atoms with Crippen LogP contribution < -0.4 is 0 Å². The lowest BCUT2D eigenvalue weighted by Gasteiger charge is -2.34. The number of aryl methyl sites for hydroxylation is 1. The molecule has 0 bridgehead atoms. The first-order chi connectivity index (χ1) is 11.1. The van der Waals surface area contributed by atoms with Crippen LogP contribution in [0.5, 0.6) is 0 Å². The molecular formula is C18H26N2O2S. The highest BCUT2D eigenvalue weighted by Gasteiger charge is 2.48. The predicted molar refractivity (Wildman–Crippen MR) is 91.8 cm³/mol. The SMILES string of the molecule is Cc1ccc([C@@H]2C[C@@H]2C(=O)N2C[C@H](C)[C@@H](N3CCOCC3)C2)s1. The highest BCUT2D eigenvalue weighted by atomic mass is 32.1. The van der Waals surface area contributed by atoms with Gasteiger partial charge in [-0.1, -0.05) is 6.92 Å². The highest BCUT2D eigenvalue weighted by Crippen LogP contribution is 2.51. The Balaban J connectivity index is 1.36. The number of nitrogens with zero attached hydrogens (tertiary/aromatic N) is 2. The van der Waals surface area contributed by atoms with Crippen LogP contribution in [-0.4, -0.2) is 61.1 Å². The zero-order valence-corrected chi connectivity index (χ0v) is 14.8. The number of rotatable bonds is 3. The van der Waals surface area contributed by atoms with Crippen molar-refractivity contribution in [2.24, 2.45) is 11.8 Å². The number of ether oxygens (including phenoxy) is 1. The maximum Gasteiger partial charge on any atom is 0.226 e. The normalized spacial score (nSPS) is 34.8. The van der Waals surface area contributed by atoms with E-state index in [0.717, 1.165) is 45.8 Å². The van der Waals surface area contributed by atoms with Crippen LogP contribution in [0.1, 0.15) is 29.0 Å². The van der Waals surface area contributed by atoms with Gasteiger partial charge < -0.3 is 9.64 Å². The average Bonchev–Trinajstić information content (AvgIpc) is 3.09. The largest absolute Gasteiger partial charge is 0.379 e. The molecule has 1 amide bonds. The fourth-order valence-electron chi connectivity index (χ4n) is 4.18. The van der Waals surface area contributed by atoms with E-state index in [1.165, 1.54) is 9.75 Å². The molecule has 3 aliphatic rings. The van der Waals surface area contributed by atoms with Gasteiger partial charge in [0, 0.05) is 53.8 Å². The Morgan fingerprint density at radius 2 is 2.04 bits per heavy atom. The molecule has 23 heavy (non-hydrogen) atoms. The number of carbonyl (C=O) groups is 1. The van der Waals surface area contributed by atoms with Crippen molar-refractivity contribution in [3.05, 3.63) is 21.9 Å². The van der Waals surface area contributed by atoms with Gasteiger partial charge in [0.15, 0.2) is 0 Å². The summed E-state index contributed by atoms with van der Waals surface area (Å²) >= 11 is 1.85. The Bertz CT molecular complexity index is 581. The van der Waals surface area contributed by atoms with Gasteiger partial charge in [0.05, 0.1) is 13.2 Å². The minimum absolute atomic E-state index is 0.240. The Kier molecular flexibility index (Phi) is 4.20. The molecule has 3 fully saturated rings. The van der Waals surface area contributed by atoms with Gasteiger partial charge in [-0.2, -0.15) is 0 Å². The summed E-state index contributed by atoms with van der Waals surface area (Å²) in [7, 11) is 0. The van der Waals surface area contributed by atoms with Crippen molar-refractivity contribution < 1.29 is 9.53 Å². The van der Waals surface area contributed by atoms with Crippen LogP contribution >= 0.6 is 11.3 Å². The monoisotopic (exact) mass is 334 g/mol. The van der Waals surface area contributed by atoms with Crippen molar-refractivity contribution in [1.29, 1.82) is 0 Å². The first-order valence-corrected chi connectivity index (χ1v) is 9.62. The van der Waals surface area contributed by atoms with Gasteiger partial charge in [-0.25, -0.2) is 0 Å². The van der Waals surface area contributed by atoms with Crippen molar-refractivity contribution in [2.45, 2.75) is 32.2 Å². The minimum atomic E-state index is 0.240. The van der Waals surface area contributed by atoms with Crippen LogP contribution in [0.3, 0.4) is 0 Å². The lowest BCUT2D eigenvalue weighted by atomic mass is 10.0. The molecule has 126 valence electrons. The molecule has 0 unspecified atom stereocenters. The lowest BCUT2D eigenvalue weighted by Crippen LogP contribution is -2.47. The summed E-state index contributed by atoms with van der Waals surface area (Å²) in [4.78, 5) is 20.3. The standard InChI is InChI=1S/C18H26N2O2S/c1-12-10-20(11-16(12)19-5-7-22-8-6-19)18(21)15-9-14(15)17-4-3-13(2)23-17/h3-4,12,14-16H,5-11H2,1-2H3/t12-,14+,15-,16-/m0/s1. The molecule has 1 aliphatic carbocycles. The van der Waals surface area contributed by atoms with Crippen LogP contribution in [0.15, 0.2) is 12.1 Å². The van der Waals surface area contributed by atoms with E-state index in [2.05, 4.69) is 35.8 Å². The maximum atomic E-state index is 12.9. The second kappa shape index (κ2) is 6.19. The number of likely N-dealkylation sites (tertiary alicyclic amines) is 1. The molecule has 2 saturated heterocycles. The van der Waals surface area contributed by atoms with E-state index >= 15 is 0 Å². The molecule has 0 N–H and O–H groups in total. The molecule has 1 aromatic rings. The third-order valence-electron chi connectivity index (χ3n) is 5.63. The summed E-state index contributed by atoms with van der Waals surface area (Å²) in [6.07, 6.45) is 1.05. The van der Waals surface area contributed by atoms with Gasteiger partial charge in [-0.05, 0) is 31.4 Å². The number of carbonyl (C=O) groups excluding carboxylic acids is 1.